The predicted octanol–water partition coefficient (Wildman–Crippen LogP) is 1.55. The van der Waals surface area contributed by atoms with Crippen LogP contribution in [0.1, 0.15) is 24.2 Å². The Kier molecular flexibility index (Phi) is 3.82. The number of anilines is 1. The van der Waals surface area contributed by atoms with Gasteiger partial charge in [0.1, 0.15) is 0 Å². The number of hydrogen-bond donors (Lipinski definition) is 1. The van der Waals surface area contributed by atoms with Crippen molar-refractivity contribution in [3.8, 4) is 0 Å². The number of thioether (sulfide) groups is 1. The highest BCUT2D eigenvalue weighted by Gasteiger charge is 2.22. The molecule has 0 aliphatic carbocycles. The summed E-state index contributed by atoms with van der Waals surface area (Å²) < 4.78 is 9.54. The fraction of sp³-hybridized carbons (Fsp3) is 0.500. The number of nitrogen functional groups attached to an aromatic ring is 1. The predicted molar refractivity (Wildman–Crippen MR) is 53.3 cm³/mol. The lowest BCUT2D eigenvalue weighted by molar-refractivity contribution is 0.0523. The van der Waals surface area contributed by atoms with Gasteiger partial charge in [0.25, 0.3) is 0 Å². The zero-order valence-corrected chi connectivity index (χ0v) is 8.89. The summed E-state index contributed by atoms with van der Waals surface area (Å²) in [6.07, 6.45) is 0. The van der Waals surface area contributed by atoms with Crippen molar-refractivity contribution in [1.82, 2.24) is 5.16 Å². The van der Waals surface area contributed by atoms with Gasteiger partial charge in [0.15, 0.2) is 10.6 Å². The number of rotatable bonds is 4. The molecule has 1 aromatic heterocycles. The Morgan fingerprint density at radius 1 is 1.64 bits per heavy atom. The summed E-state index contributed by atoms with van der Waals surface area (Å²) in [6.45, 7) is 3.98. The SMILES string of the molecule is CCOC(=O)c1c(SCC)noc1N. The van der Waals surface area contributed by atoms with Gasteiger partial charge in [0, 0.05) is 0 Å². The molecule has 0 aromatic carbocycles. The number of carbonyl (C=O) groups excluding carboxylic acids is 1. The van der Waals surface area contributed by atoms with E-state index >= 15 is 0 Å². The average molecular weight is 216 g/mol. The quantitative estimate of drug-likeness (QED) is 0.607. The summed E-state index contributed by atoms with van der Waals surface area (Å²) in [5.41, 5.74) is 5.69. The van der Waals surface area contributed by atoms with Crippen molar-refractivity contribution in [2.45, 2.75) is 18.9 Å². The largest absolute Gasteiger partial charge is 0.462 e. The fourth-order valence-corrected chi connectivity index (χ4v) is 1.61. The van der Waals surface area contributed by atoms with Gasteiger partial charge in [-0.1, -0.05) is 12.1 Å². The maximum atomic E-state index is 11.4. The maximum Gasteiger partial charge on any atom is 0.346 e. The van der Waals surface area contributed by atoms with Crippen molar-refractivity contribution in [3.63, 3.8) is 0 Å². The lowest BCUT2D eigenvalue weighted by Crippen LogP contribution is -2.07. The minimum absolute atomic E-state index is 0.0133. The third-order valence-electron chi connectivity index (χ3n) is 1.45. The second-order valence-corrected chi connectivity index (χ2v) is 3.63. The van der Waals surface area contributed by atoms with E-state index in [1.165, 1.54) is 11.8 Å². The highest BCUT2D eigenvalue weighted by Crippen LogP contribution is 2.26. The molecule has 1 rings (SSSR count). The molecule has 0 atom stereocenters. The van der Waals surface area contributed by atoms with Crippen molar-refractivity contribution < 1.29 is 14.1 Å². The van der Waals surface area contributed by atoms with Gasteiger partial charge in [-0.3, -0.25) is 0 Å². The van der Waals surface area contributed by atoms with Crippen LogP contribution in [-0.4, -0.2) is 23.5 Å². The number of nitrogens with two attached hydrogens (primary N) is 1. The second kappa shape index (κ2) is 4.90. The Labute approximate surface area is 86.0 Å². The Morgan fingerprint density at radius 3 is 2.93 bits per heavy atom. The van der Waals surface area contributed by atoms with Crippen LogP contribution in [0, 0.1) is 0 Å². The van der Waals surface area contributed by atoms with E-state index < -0.39 is 5.97 Å². The van der Waals surface area contributed by atoms with Crippen molar-refractivity contribution in [2.75, 3.05) is 18.1 Å². The molecule has 0 aliphatic rings. The monoisotopic (exact) mass is 216 g/mol. The minimum atomic E-state index is -0.484. The van der Waals surface area contributed by atoms with Crippen LogP contribution >= 0.6 is 11.8 Å². The first-order valence-electron chi connectivity index (χ1n) is 4.25. The number of ether oxygens (including phenoxy) is 1. The fourth-order valence-electron chi connectivity index (χ4n) is 0.914. The van der Waals surface area contributed by atoms with Gasteiger partial charge in [-0.2, -0.15) is 0 Å². The van der Waals surface area contributed by atoms with Crippen LogP contribution < -0.4 is 5.73 Å². The Morgan fingerprint density at radius 2 is 2.36 bits per heavy atom. The highest BCUT2D eigenvalue weighted by molar-refractivity contribution is 7.99. The molecule has 0 amide bonds. The van der Waals surface area contributed by atoms with Gasteiger partial charge in [0.2, 0.25) is 5.88 Å². The first-order chi connectivity index (χ1) is 6.70. The molecule has 5 nitrogen and oxygen atoms in total. The van der Waals surface area contributed by atoms with E-state index in [0.717, 1.165) is 5.75 Å². The zero-order chi connectivity index (χ0) is 10.6. The summed E-state index contributed by atoms with van der Waals surface area (Å²) in [5.74, 6) is 0.319. The van der Waals surface area contributed by atoms with Crippen molar-refractivity contribution in [2.24, 2.45) is 0 Å². The molecule has 1 heterocycles. The molecular weight excluding hydrogens is 204 g/mol. The van der Waals surface area contributed by atoms with Crippen LogP contribution in [-0.2, 0) is 4.74 Å². The highest BCUT2D eigenvalue weighted by atomic mass is 32.2. The van der Waals surface area contributed by atoms with E-state index in [9.17, 15) is 4.79 Å². The lowest BCUT2D eigenvalue weighted by Gasteiger charge is -2.00. The number of nitrogens with zero attached hydrogens (tertiary/aromatic N) is 1. The van der Waals surface area contributed by atoms with Crippen LogP contribution in [0.25, 0.3) is 0 Å². The van der Waals surface area contributed by atoms with Gasteiger partial charge in [-0.25, -0.2) is 4.79 Å². The molecule has 0 saturated heterocycles. The molecule has 0 aliphatic heterocycles. The van der Waals surface area contributed by atoms with Gasteiger partial charge in [-0.15, -0.1) is 11.8 Å². The van der Waals surface area contributed by atoms with Gasteiger partial charge in [0.05, 0.1) is 6.61 Å². The summed E-state index contributed by atoms with van der Waals surface area (Å²) in [5, 5.41) is 4.16. The standard InChI is InChI=1S/C8H12N2O3S/c1-3-12-8(11)5-6(9)13-10-7(5)14-4-2/h3-4,9H2,1-2H3. The molecule has 0 fully saturated rings. The first-order valence-corrected chi connectivity index (χ1v) is 5.24. The molecule has 2 N–H and O–H groups in total. The smallest absolute Gasteiger partial charge is 0.346 e. The molecule has 78 valence electrons. The maximum absolute atomic E-state index is 11.4. The number of aromatic nitrogens is 1. The topological polar surface area (TPSA) is 78.3 Å². The van der Waals surface area contributed by atoms with Crippen molar-refractivity contribution in [1.29, 1.82) is 0 Å². The first kappa shape index (κ1) is 10.9. The number of carbonyl (C=O) groups is 1. The van der Waals surface area contributed by atoms with E-state index in [0.29, 0.717) is 11.6 Å². The molecule has 0 unspecified atom stereocenters. The van der Waals surface area contributed by atoms with E-state index in [1.54, 1.807) is 6.92 Å². The van der Waals surface area contributed by atoms with Crippen LogP contribution in [0.15, 0.2) is 9.55 Å². The summed E-state index contributed by atoms with van der Waals surface area (Å²) >= 11 is 1.39. The minimum Gasteiger partial charge on any atom is -0.462 e. The number of hydrogen-bond acceptors (Lipinski definition) is 6. The van der Waals surface area contributed by atoms with E-state index in [1.807, 2.05) is 6.92 Å². The molecule has 14 heavy (non-hydrogen) atoms. The molecule has 6 heteroatoms. The van der Waals surface area contributed by atoms with Crippen LogP contribution in [0.2, 0.25) is 0 Å². The number of esters is 1. The molecule has 0 radical (unpaired) electrons. The Bertz CT molecular complexity index is 324. The molecule has 0 saturated carbocycles. The van der Waals surface area contributed by atoms with Crippen LogP contribution in [0.5, 0.6) is 0 Å². The molecule has 0 bridgehead atoms. The average Bonchev–Trinajstić information content (AvgIpc) is 2.48. The van der Waals surface area contributed by atoms with Crippen molar-refractivity contribution in [3.05, 3.63) is 5.56 Å². The summed E-state index contributed by atoms with van der Waals surface area (Å²) in [6, 6.07) is 0. The Hall–Kier alpha value is -1.17. The third-order valence-corrected chi connectivity index (χ3v) is 2.29. The summed E-state index contributed by atoms with van der Waals surface area (Å²) in [4.78, 5) is 11.4. The normalized spacial score (nSPS) is 10.1. The van der Waals surface area contributed by atoms with E-state index in [4.69, 9.17) is 15.0 Å². The molecule has 0 spiro atoms. The molecular formula is C8H12N2O3S. The lowest BCUT2D eigenvalue weighted by atomic mass is 10.3. The second-order valence-electron chi connectivity index (χ2n) is 2.38. The molecule has 1 aromatic rings. The zero-order valence-electron chi connectivity index (χ0n) is 8.07. The van der Waals surface area contributed by atoms with Gasteiger partial charge >= 0.3 is 5.97 Å². The van der Waals surface area contributed by atoms with E-state index in [2.05, 4.69) is 5.16 Å². The van der Waals surface area contributed by atoms with Crippen molar-refractivity contribution >= 4 is 23.6 Å². The third kappa shape index (κ3) is 2.20. The van der Waals surface area contributed by atoms with Crippen LogP contribution in [0.4, 0.5) is 5.88 Å². The van der Waals surface area contributed by atoms with Gasteiger partial charge < -0.3 is 15.0 Å². The van der Waals surface area contributed by atoms with E-state index in [-0.39, 0.29) is 11.4 Å². The van der Waals surface area contributed by atoms with Crippen LogP contribution in [0.3, 0.4) is 0 Å². The Balaban J connectivity index is 2.92. The van der Waals surface area contributed by atoms with Gasteiger partial charge in [-0.05, 0) is 12.7 Å². The summed E-state index contributed by atoms with van der Waals surface area (Å²) in [7, 11) is 0.